The lowest BCUT2D eigenvalue weighted by molar-refractivity contribution is 0.0452. The fourth-order valence-electron chi connectivity index (χ4n) is 2.56. The third-order valence-electron chi connectivity index (χ3n) is 3.82. The van der Waals surface area contributed by atoms with Crippen molar-refractivity contribution in [3.8, 4) is 11.5 Å². The van der Waals surface area contributed by atoms with E-state index in [0.29, 0.717) is 6.04 Å². The van der Waals surface area contributed by atoms with Crippen LogP contribution in [0, 0.1) is 0 Å². The van der Waals surface area contributed by atoms with Gasteiger partial charge in [0.1, 0.15) is 17.1 Å². The van der Waals surface area contributed by atoms with Crippen molar-refractivity contribution in [3.63, 3.8) is 0 Å². The van der Waals surface area contributed by atoms with Gasteiger partial charge in [0.15, 0.2) is 0 Å². The molecule has 0 saturated heterocycles. The first kappa shape index (κ1) is 14.2. The highest BCUT2D eigenvalue weighted by molar-refractivity contribution is 5.44. The average molecular weight is 263 g/mol. The lowest BCUT2D eigenvalue weighted by Gasteiger charge is -2.39. The minimum absolute atomic E-state index is 0.0822. The van der Waals surface area contributed by atoms with E-state index in [2.05, 4.69) is 25.2 Å². The van der Waals surface area contributed by atoms with Crippen LogP contribution in [0.3, 0.4) is 0 Å². The SMILES string of the molecule is CCC1(C)CC(NC)c2cc(OC(C)C)ccc2O1. The van der Waals surface area contributed by atoms with E-state index >= 15 is 0 Å². The van der Waals surface area contributed by atoms with Crippen molar-refractivity contribution < 1.29 is 9.47 Å². The van der Waals surface area contributed by atoms with Crippen molar-refractivity contribution in [2.75, 3.05) is 7.05 Å². The molecule has 0 spiro atoms. The van der Waals surface area contributed by atoms with Crippen molar-refractivity contribution >= 4 is 0 Å². The molecule has 0 amide bonds. The van der Waals surface area contributed by atoms with E-state index in [1.54, 1.807) is 0 Å². The highest BCUT2D eigenvalue weighted by atomic mass is 16.5. The number of rotatable bonds is 4. The Hall–Kier alpha value is -1.22. The summed E-state index contributed by atoms with van der Waals surface area (Å²) in [4.78, 5) is 0. The van der Waals surface area contributed by atoms with E-state index in [0.717, 1.165) is 24.3 Å². The third kappa shape index (κ3) is 3.03. The van der Waals surface area contributed by atoms with Crippen molar-refractivity contribution in [1.29, 1.82) is 0 Å². The van der Waals surface area contributed by atoms with Gasteiger partial charge in [-0.1, -0.05) is 6.92 Å². The molecule has 0 saturated carbocycles. The number of ether oxygens (including phenoxy) is 2. The summed E-state index contributed by atoms with van der Waals surface area (Å²) in [6, 6.07) is 6.45. The fraction of sp³-hybridized carbons (Fsp3) is 0.625. The van der Waals surface area contributed by atoms with Crippen molar-refractivity contribution in [2.24, 2.45) is 0 Å². The zero-order valence-corrected chi connectivity index (χ0v) is 12.6. The van der Waals surface area contributed by atoms with Gasteiger partial charge in [0, 0.05) is 18.0 Å². The summed E-state index contributed by atoms with van der Waals surface area (Å²) in [6.45, 7) is 8.44. The monoisotopic (exact) mass is 263 g/mol. The molecule has 1 N–H and O–H groups in total. The molecule has 1 aliphatic rings. The standard InChI is InChI=1S/C16H25NO2/c1-6-16(4)10-14(17-5)13-9-12(18-11(2)3)7-8-15(13)19-16/h7-9,11,14,17H,6,10H2,1-5H3. The van der Waals surface area contributed by atoms with Gasteiger partial charge >= 0.3 is 0 Å². The predicted octanol–water partition coefficient (Wildman–Crippen LogP) is 3.69. The normalized spacial score (nSPS) is 25.9. The number of hydrogen-bond acceptors (Lipinski definition) is 3. The Morgan fingerprint density at radius 3 is 2.79 bits per heavy atom. The summed E-state index contributed by atoms with van der Waals surface area (Å²) in [5.74, 6) is 1.89. The molecule has 0 bridgehead atoms. The van der Waals surface area contributed by atoms with Gasteiger partial charge in [0.2, 0.25) is 0 Å². The third-order valence-corrected chi connectivity index (χ3v) is 3.82. The van der Waals surface area contributed by atoms with Crippen LogP contribution < -0.4 is 14.8 Å². The van der Waals surface area contributed by atoms with Crippen LogP contribution in [-0.2, 0) is 0 Å². The Morgan fingerprint density at radius 1 is 1.47 bits per heavy atom. The first-order chi connectivity index (χ1) is 8.97. The van der Waals surface area contributed by atoms with Crippen LogP contribution in [0.15, 0.2) is 18.2 Å². The smallest absolute Gasteiger partial charge is 0.125 e. The van der Waals surface area contributed by atoms with Crippen LogP contribution in [0.2, 0.25) is 0 Å². The summed E-state index contributed by atoms with van der Waals surface area (Å²) >= 11 is 0. The molecule has 106 valence electrons. The van der Waals surface area contributed by atoms with Crippen LogP contribution in [0.4, 0.5) is 0 Å². The summed E-state index contributed by atoms with van der Waals surface area (Å²) < 4.78 is 11.9. The molecule has 1 aromatic carbocycles. The zero-order valence-electron chi connectivity index (χ0n) is 12.6. The van der Waals surface area contributed by atoms with Gasteiger partial charge in [-0.2, -0.15) is 0 Å². The molecule has 1 aromatic rings. The number of hydrogen-bond donors (Lipinski definition) is 1. The molecule has 2 rings (SSSR count). The zero-order chi connectivity index (χ0) is 14.0. The van der Waals surface area contributed by atoms with Crippen LogP contribution in [-0.4, -0.2) is 18.8 Å². The molecule has 0 fully saturated rings. The van der Waals surface area contributed by atoms with E-state index in [1.807, 2.05) is 33.0 Å². The molecule has 3 nitrogen and oxygen atoms in total. The molecule has 0 aliphatic carbocycles. The Balaban J connectivity index is 2.33. The van der Waals surface area contributed by atoms with Crippen molar-refractivity contribution in [2.45, 2.75) is 58.3 Å². The maximum atomic E-state index is 6.17. The Morgan fingerprint density at radius 2 is 2.21 bits per heavy atom. The van der Waals surface area contributed by atoms with Crippen molar-refractivity contribution in [1.82, 2.24) is 5.32 Å². The van der Waals surface area contributed by atoms with Crippen LogP contribution in [0.1, 0.15) is 52.1 Å². The van der Waals surface area contributed by atoms with Crippen LogP contribution in [0.5, 0.6) is 11.5 Å². The molecule has 1 heterocycles. The molecule has 2 atom stereocenters. The summed E-state index contributed by atoms with van der Waals surface area (Å²) in [5.41, 5.74) is 1.12. The van der Waals surface area contributed by atoms with E-state index in [-0.39, 0.29) is 11.7 Å². The van der Waals surface area contributed by atoms with Gasteiger partial charge in [0.05, 0.1) is 6.10 Å². The summed E-state index contributed by atoms with van der Waals surface area (Å²) in [7, 11) is 2.01. The topological polar surface area (TPSA) is 30.5 Å². The highest BCUT2D eigenvalue weighted by Gasteiger charge is 2.35. The molecule has 19 heavy (non-hydrogen) atoms. The lowest BCUT2D eigenvalue weighted by atomic mass is 9.87. The Kier molecular flexibility index (Phi) is 4.04. The largest absolute Gasteiger partial charge is 0.491 e. The second-order valence-corrected chi connectivity index (χ2v) is 5.82. The van der Waals surface area contributed by atoms with Gasteiger partial charge in [-0.15, -0.1) is 0 Å². The molecule has 0 aromatic heterocycles. The first-order valence-corrected chi connectivity index (χ1v) is 7.14. The first-order valence-electron chi connectivity index (χ1n) is 7.14. The highest BCUT2D eigenvalue weighted by Crippen LogP contribution is 2.42. The molecular formula is C16H25NO2. The van der Waals surface area contributed by atoms with E-state index < -0.39 is 0 Å². The van der Waals surface area contributed by atoms with Gasteiger partial charge in [0.25, 0.3) is 0 Å². The van der Waals surface area contributed by atoms with Gasteiger partial charge in [-0.05, 0) is 52.4 Å². The number of nitrogens with one attached hydrogen (secondary N) is 1. The number of benzene rings is 1. The second kappa shape index (κ2) is 5.41. The van der Waals surface area contributed by atoms with Crippen LogP contribution >= 0.6 is 0 Å². The fourth-order valence-corrected chi connectivity index (χ4v) is 2.56. The van der Waals surface area contributed by atoms with Gasteiger partial charge in [-0.25, -0.2) is 0 Å². The minimum atomic E-state index is -0.0822. The predicted molar refractivity (Wildman–Crippen MR) is 77.9 cm³/mol. The molecule has 3 heteroatoms. The summed E-state index contributed by atoms with van der Waals surface area (Å²) in [6.07, 6.45) is 2.18. The molecule has 2 unspecified atom stereocenters. The lowest BCUT2D eigenvalue weighted by Crippen LogP contribution is -2.40. The van der Waals surface area contributed by atoms with Gasteiger partial charge in [-0.3, -0.25) is 0 Å². The minimum Gasteiger partial charge on any atom is -0.491 e. The van der Waals surface area contributed by atoms with E-state index in [9.17, 15) is 0 Å². The average Bonchev–Trinajstić information content (AvgIpc) is 2.37. The van der Waals surface area contributed by atoms with E-state index in [1.165, 1.54) is 5.56 Å². The Bertz CT molecular complexity index is 444. The van der Waals surface area contributed by atoms with Crippen LogP contribution in [0.25, 0.3) is 0 Å². The Labute approximate surface area is 116 Å². The maximum Gasteiger partial charge on any atom is 0.125 e. The molecule has 0 radical (unpaired) electrons. The second-order valence-electron chi connectivity index (χ2n) is 5.82. The van der Waals surface area contributed by atoms with E-state index in [4.69, 9.17) is 9.47 Å². The quantitative estimate of drug-likeness (QED) is 0.898. The molecule has 1 aliphatic heterocycles. The molecular weight excluding hydrogens is 238 g/mol. The maximum absolute atomic E-state index is 6.17. The van der Waals surface area contributed by atoms with Gasteiger partial charge < -0.3 is 14.8 Å². The summed E-state index contributed by atoms with van der Waals surface area (Å²) in [5, 5.41) is 3.39. The van der Waals surface area contributed by atoms with Crippen molar-refractivity contribution in [3.05, 3.63) is 23.8 Å². The number of fused-ring (bicyclic) bond motifs is 1.